The SMILES string of the molecule is Fc1c(F)c(F)c(-c2nncn2C2CC2)c(F)c1F. The molecule has 0 saturated heterocycles. The molecule has 0 N–H and O–H groups in total. The topological polar surface area (TPSA) is 30.7 Å². The van der Waals surface area contributed by atoms with Crippen molar-refractivity contribution in [1.82, 2.24) is 14.8 Å². The van der Waals surface area contributed by atoms with Gasteiger partial charge in [-0.25, -0.2) is 22.0 Å². The Kier molecular flexibility index (Phi) is 2.54. The zero-order valence-electron chi connectivity index (χ0n) is 9.30. The van der Waals surface area contributed by atoms with Crippen molar-refractivity contribution in [3.63, 3.8) is 0 Å². The summed E-state index contributed by atoms with van der Waals surface area (Å²) in [5.41, 5.74) is -1.04. The molecule has 19 heavy (non-hydrogen) atoms. The van der Waals surface area contributed by atoms with E-state index in [0.29, 0.717) is 0 Å². The summed E-state index contributed by atoms with van der Waals surface area (Å²) in [5.74, 6) is -10.3. The third kappa shape index (κ3) is 1.70. The molecule has 0 radical (unpaired) electrons. The summed E-state index contributed by atoms with van der Waals surface area (Å²) in [4.78, 5) is 0. The molecule has 1 saturated carbocycles. The maximum atomic E-state index is 13.6. The van der Waals surface area contributed by atoms with Crippen LogP contribution >= 0.6 is 0 Å². The summed E-state index contributed by atoms with van der Waals surface area (Å²) in [6, 6.07) is -0.0556. The van der Waals surface area contributed by atoms with Crippen molar-refractivity contribution in [3.8, 4) is 11.4 Å². The third-order valence-electron chi connectivity index (χ3n) is 2.95. The average molecular weight is 275 g/mol. The lowest BCUT2D eigenvalue weighted by molar-refractivity contribution is 0.380. The summed E-state index contributed by atoms with van der Waals surface area (Å²) < 4.78 is 67.8. The monoisotopic (exact) mass is 275 g/mol. The highest BCUT2D eigenvalue weighted by Gasteiger charge is 2.32. The first-order valence-corrected chi connectivity index (χ1v) is 5.43. The lowest BCUT2D eigenvalue weighted by atomic mass is 10.1. The molecular weight excluding hydrogens is 269 g/mol. The van der Waals surface area contributed by atoms with Crippen LogP contribution in [0.5, 0.6) is 0 Å². The Morgan fingerprint density at radius 1 is 0.895 bits per heavy atom. The van der Waals surface area contributed by atoms with Crippen LogP contribution in [0.1, 0.15) is 18.9 Å². The molecule has 0 aliphatic heterocycles. The first-order valence-electron chi connectivity index (χ1n) is 5.43. The Morgan fingerprint density at radius 2 is 1.42 bits per heavy atom. The second-order valence-electron chi connectivity index (χ2n) is 4.24. The molecule has 8 heteroatoms. The summed E-state index contributed by atoms with van der Waals surface area (Å²) in [6.07, 6.45) is 2.71. The normalized spacial score (nSPS) is 15.0. The van der Waals surface area contributed by atoms with E-state index in [1.165, 1.54) is 10.9 Å². The fourth-order valence-corrected chi connectivity index (χ4v) is 1.84. The van der Waals surface area contributed by atoms with E-state index < -0.39 is 34.6 Å². The van der Waals surface area contributed by atoms with Gasteiger partial charge >= 0.3 is 0 Å². The van der Waals surface area contributed by atoms with E-state index in [4.69, 9.17) is 0 Å². The molecule has 2 aromatic rings. The Morgan fingerprint density at radius 3 is 1.95 bits per heavy atom. The number of nitrogens with zero attached hydrogens (tertiary/aromatic N) is 3. The Labute approximate surface area is 103 Å². The summed E-state index contributed by atoms with van der Waals surface area (Å²) in [6.45, 7) is 0. The van der Waals surface area contributed by atoms with Crippen LogP contribution in [-0.4, -0.2) is 14.8 Å². The Balaban J connectivity index is 2.27. The van der Waals surface area contributed by atoms with Gasteiger partial charge in [-0.2, -0.15) is 0 Å². The number of hydrogen-bond acceptors (Lipinski definition) is 2. The highest BCUT2D eigenvalue weighted by Crippen LogP contribution is 2.39. The molecule has 0 spiro atoms. The molecule has 0 atom stereocenters. The molecular formula is C11H6F5N3. The maximum Gasteiger partial charge on any atom is 0.200 e. The van der Waals surface area contributed by atoms with Crippen LogP contribution in [0.25, 0.3) is 11.4 Å². The number of benzene rings is 1. The van der Waals surface area contributed by atoms with E-state index in [1.54, 1.807) is 0 Å². The van der Waals surface area contributed by atoms with Gasteiger partial charge in [0.25, 0.3) is 0 Å². The highest BCUT2D eigenvalue weighted by atomic mass is 19.2. The Hall–Kier alpha value is -1.99. The molecule has 1 aromatic carbocycles. The molecule has 100 valence electrons. The number of hydrogen-bond donors (Lipinski definition) is 0. The van der Waals surface area contributed by atoms with Gasteiger partial charge in [0.05, 0.1) is 5.56 Å². The van der Waals surface area contributed by atoms with Crippen LogP contribution in [0.4, 0.5) is 22.0 Å². The van der Waals surface area contributed by atoms with Gasteiger partial charge in [-0.15, -0.1) is 10.2 Å². The molecule has 1 heterocycles. The second kappa shape index (κ2) is 4.01. The van der Waals surface area contributed by atoms with Gasteiger partial charge in [-0.3, -0.25) is 0 Å². The fraction of sp³-hybridized carbons (Fsp3) is 0.273. The molecule has 0 unspecified atom stereocenters. The minimum atomic E-state index is -2.18. The number of aromatic nitrogens is 3. The van der Waals surface area contributed by atoms with E-state index in [1.807, 2.05) is 0 Å². The lowest BCUT2D eigenvalue weighted by Crippen LogP contribution is -2.07. The van der Waals surface area contributed by atoms with Crippen LogP contribution in [-0.2, 0) is 0 Å². The second-order valence-corrected chi connectivity index (χ2v) is 4.24. The smallest absolute Gasteiger partial charge is 0.200 e. The molecule has 0 amide bonds. The van der Waals surface area contributed by atoms with Crippen LogP contribution in [0.2, 0.25) is 0 Å². The van der Waals surface area contributed by atoms with E-state index in [-0.39, 0.29) is 11.9 Å². The van der Waals surface area contributed by atoms with Gasteiger partial charge in [-0.05, 0) is 12.8 Å². The molecule has 1 aliphatic carbocycles. The lowest BCUT2D eigenvalue weighted by Gasteiger charge is -2.09. The van der Waals surface area contributed by atoms with Crippen molar-refractivity contribution in [3.05, 3.63) is 35.4 Å². The quantitative estimate of drug-likeness (QED) is 0.479. The van der Waals surface area contributed by atoms with Gasteiger partial charge in [0.15, 0.2) is 29.1 Å². The van der Waals surface area contributed by atoms with Gasteiger partial charge in [0.2, 0.25) is 5.82 Å². The number of rotatable bonds is 2. The van der Waals surface area contributed by atoms with Crippen LogP contribution in [0.3, 0.4) is 0 Å². The van der Waals surface area contributed by atoms with Crippen molar-refractivity contribution < 1.29 is 22.0 Å². The largest absolute Gasteiger partial charge is 0.310 e. The molecule has 3 rings (SSSR count). The zero-order valence-corrected chi connectivity index (χ0v) is 9.30. The molecule has 1 aliphatic rings. The van der Waals surface area contributed by atoms with Gasteiger partial charge in [-0.1, -0.05) is 0 Å². The molecule has 3 nitrogen and oxygen atoms in total. The summed E-state index contributed by atoms with van der Waals surface area (Å²) in [5, 5.41) is 6.92. The van der Waals surface area contributed by atoms with E-state index in [9.17, 15) is 22.0 Å². The summed E-state index contributed by atoms with van der Waals surface area (Å²) >= 11 is 0. The van der Waals surface area contributed by atoms with Crippen LogP contribution < -0.4 is 0 Å². The molecule has 0 bridgehead atoms. The number of halogens is 5. The fourth-order valence-electron chi connectivity index (χ4n) is 1.84. The van der Waals surface area contributed by atoms with Gasteiger partial charge in [0.1, 0.15) is 6.33 Å². The Bertz CT molecular complexity index is 634. The van der Waals surface area contributed by atoms with E-state index in [0.717, 1.165) is 12.8 Å². The standard InChI is InChI=1S/C11H6F5N3/c12-6-5(7(13)9(15)10(16)8(6)14)11-18-17-3-19(11)4-1-2-4/h3-4H,1-2H2. The molecule has 1 aromatic heterocycles. The van der Waals surface area contributed by atoms with Crippen molar-refractivity contribution in [2.45, 2.75) is 18.9 Å². The van der Waals surface area contributed by atoms with E-state index in [2.05, 4.69) is 10.2 Å². The zero-order chi connectivity index (χ0) is 13.7. The third-order valence-corrected chi connectivity index (χ3v) is 2.95. The molecule has 1 fully saturated rings. The first-order chi connectivity index (χ1) is 9.02. The van der Waals surface area contributed by atoms with E-state index >= 15 is 0 Å². The minimum absolute atomic E-state index is 0.0556. The summed E-state index contributed by atoms with van der Waals surface area (Å²) in [7, 11) is 0. The van der Waals surface area contributed by atoms with Gasteiger partial charge in [0, 0.05) is 6.04 Å². The van der Waals surface area contributed by atoms with Crippen molar-refractivity contribution in [2.75, 3.05) is 0 Å². The van der Waals surface area contributed by atoms with Crippen LogP contribution in [0.15, 0.2) is 6.33 Å². The predicted octanol–water partition coefficient (Wildman–Crippen LogP) is 2.98. The minimum Gasteiger partial charge on any atom is -0.310 e. The predicted molar refractivity (Wildman–Crippen MR) is 53.5 cm³/mol. The first kappa shape index (κ1) is 12.1. The highest BCUT2D eigenvalue weighted by molar-refractivity contribution is 5.58. The van der Waals surface area contributed by atoms with Crippen molar-refractivity contribution in [1.29, 1.82) is 0 Å². The van der Waals surface area contributed by atoms with Crippen LogP contribution in [0, 0.1) is 29.1 Å². The van der Waals surface area contributed by atoms with Crippen molar-refractivity contribution >= 4 is 0 Å². The maximum absolute atomic E-state index is 13.6. The van der Waals surface area contributed by atoms with Gasteiger partial charge < -0.3 is 4.57 Å². The average Bonchev–Trinajstić information content (AvgIpc) is 3.14. The van der Waals surface area contributed by atoms with Crippen molar-refractivity contribution in [2.24, 2.45) is 0 Å².